The van der Waals surface area contributed by atoms with Crippen LogP contribution in [0.15, 0.2) is 78.9 Å². The topological polar surface area (TPSA) is 23.6 Å². The summed E-state index contributed by atoms with van der Waals surface area (Å²) in [5, 5.41) is 0. The van der Waals surface area contributed by atoms with E-state index < -0.39 is 0 Å². The first kappa shape index (κ1) is 18.4. The number of rotatable bonds is 4. The molecule has 1 heterocycles. The average molecular weight is 374 g/mol. The summed E-state index contributed by atoms with van der Waals surface area (Å²) in [6.07, 6.45) is 0. The Morgan fingerprint density at radius 3 is 2.00 bits per heavy atom. The Balaban J connectivity index is 1.34. The molecule has 1 saturated heterocycles. The third-order valence-corrected chi connectivity index (χ3v) is 5.22. The van der Waals surface area contributed by atoms with Crippen LogP contribution >= 0.6 is 0 Å². The van der Waals surface area contributed by atoms with Gasteiger partial charge < -0.3 is 4.90 Å². The summed E-state index contributed by atoms with van der Waals surface area (Å²) >= 11 is 0. The predicted octanol–water partition coefficient (Wildman–Crippen LogP) is 4.45. The fraction of sp³-hybridized carbons (Fsp3) is 0.208. The maximum atomic E-state index is 13.0. The van der Waals surface area contributed by atoms with E-state index in [1.807, 2.05) is 59.5 Å². The Labute approximate surface area is 165 Å². The lowest BCUT2D eigenvalue weighted by atomic mass is 10.0. The molecule has 142 valence electrons. The Morgan fingerprint density at radius 2 is 1.36 bits per heavy atom. The normalized spacial score (nSPS) is 14.8. The Hall–Kier alpha value is -2.98. The summed E-state index contributed by atoms with van der Waals surface area (Å²) in [5.41, 5.74) is 4.08. The number of amides is 1. The van der Waals surface area contributed by atoms with Gasteiger partial charge in [-0.25, -0.2) is 4.39 Å². The van der Waals surface area contributed by atoms with Crippen molar-refractivity contribution in [1.29, 1.82) is 0 Å². The number of carbonyl (C=O) groups is 1. The summed E-state index contributed by atoms with van der Waals surface area (Å²) in [7, 11) is 0. The summed E-state index contributed by atoms with van der Waals surface area (Å²) in [6.45, 7) is 3.85. The van der Waals surface area contributed by atoms with Gasteiger partial charge in [-0.3, -0.25) is 9.69 Å². The first-order chi connectivity index (χ1) is 13.7. The van der Waals surface area contributed by atoms with Crippen molar-refractivity contribution in [2.24, 2.45) is 0 Å². The first-order valence-corrected chi connectivity index (χ1v) is 9.60. The number of benzene rings is 3. The van der Waals surface area contributed by atoms with Crippen LogP contribution in [-0.4, -0.2) is 41.9 Å². The molecule has 4 rings (SSSR count). The lowest BCUT2D eigenvalue weighted by Crippen LogP contribution is -2.48. The van der Waals surface area contributed by atoms with Gasteiger partial charge in [-0.15, -0.1) is 0 Å². The lowest BCUT2D eigenvalue weighted by molar-refractivity contribution is 0.0628. The van der Waals surface area contributed by atoms with E-state index in [0.717, 1.165) is 41.9 Å². The summed E-state index contributed by atoms with van der Waals surface area (Å²) in [6, 6.07) is 24.6. The van der Waals surface area contributed by atoms with Gasteiger partial charge in [0.2, 0.25) is 0 Å². The molecule has 0 aliphatic carbocycles. The largest absolute Gasteiger partial charge is 0.336 e. The number of piperazine rings is 1. The number of carbonyl (C=O) groups excluding carboxylic acids is 1. The van der Waals surface area contributed by atoms with E-state index in [0.29, 0.717) is 13.1 Å². The molecule has 0 radical (unpaired) electrons. The van der Waals surface area contributed by atoms with E-state index >= 15 is 0 Å². The highest BCUT2D eigenvalue weighted by atomic mass is 19.1. The molecule has 3 aromatic rings. The fourth-order valence-corrected chi connectivity index (χ4v) is 3.58. The van der Waals surface area contributed by atoms with Gasteiger partial charge in [-0.2, -0.15) is 0 Å². The van der Waals surface area contributed by atoms with Crippen LogP contribution in [0.3, 0.4) is 0 Å². The Morgan fingerprint density at radius 1 is 0.750 bits per heavy atom. The molecule has 1 amide bonds. The van der Waals surface area contributed by atoms with E-state index in [9.17, 15) is 9.18 Å². The van der Waals surface area contributed by atoms with Gasteiger partial charge in [0.15, 0.2) is 0 Å². The quantitative estimate of drug-likeness (QED) is 0.674. The van der Waals surface area contributed by atoms with Gasteiger partial charge in [0.05, 0.1) is 0 Å². The zero-order valence-electron chi connectivity index (χ0n) is 15.7. The highest BCUT2D eigenvalue weighted by molar-refractivity contribution is 5.94. The van der Waals surface area contributed by atoms with Crippen LogP contribution in [0.1, 0.15) is 15.9 Å². The highest BCUT2D eigenvalue weighted by Crippen LogP contribution is 2.20. The lowest BCUT2D eigenvalue weighted by Gasteiger charge is -2.34. The van der Waals surface area contributed by atoms with Gasteiger partial charge >= 0.3 is 0 Å². The number of hydrogen-bond donors (Lipinski definition) is 0. The molecule has 1 fully saturated rings. The molecule has 1 aliphatic heterocycles. The summed E-state index contributed by atoms with van der Waals surface area (Å²) < 4.78 is 13.0. The monoisotopic (exact) mass is 374 g/mol. The molecule has 0 unspecified atom stereocenters. The minimum atomic E-state index is -0.211. The predicted molar refractivity (Wildman–Crippen MR) is 109 cm³/mol. The second-order valence-corrected chi connectivity index (χ2v) is 7.14. The van der Waals surface area contributed by atoms with Gasteiger partial charge in [-0.1, -0.05) is 54.6 Å². The molecule has 0 N–H and O–H groups in total. The van der Waals surface area contributed by atoms with Crippen LogP contribution in [0, 0.1) is 5.82 Å². The molecule has 4 heteroatoms. The number of hydrogen-bond acceptors (Lipinski definition) is 2. The molecule has 0 saturated carbocycles. The van der Waals surface area contributed by atoms with Crippen LogP contribution in [0.5, 0.6) is 0 Å². The van der Waals surface area contributed by atoms with Crippen LogP contribution < -0.4 is 0 Å². The van der Waals surface area contributed by atoms with Crippen molar-refractivity contribution in [2.45, 2.75) is 6.54 Å². The molecular formula is C24H23FN2O. The molecule has 1 aliphatic rings. The Kier molecular flexibility index (Phi) is 5.49. The first-order valence-electron chi connectivity index (χ1n) is 9.60. The molecule has 0 bridgehead atoms. The molecule has 0 atom stereocenters. The van der Waals surface area contributed by atoms with Crippen molar-refractivity contribution in [2.75, 3.05) is 26.2 Å². The van der Waals surface area contributed by atoms with Crippen LogP contribution in [0.25, 0.3) is 11.1 Å². The van der Waals surface area contributed by atoms with Crippen LogP contribution in [0.4, 0.5) is 4.39 Å². The van der Waals surface area contributed by atoms with Gasteiger partial charge in [-0.05, 0) is 41.0 Å². The van der Waals surface area contributed by atoms with Crippen LogP contribution in [-0.2, 0) is 6.54 Å². The van der Waals surface area contributed by atoms with Crippen molar-refractivity contribution in [1.82, 2.24) is 9.80 Å². The summed E-state index contributed by atoms with van der Waals surface area (Å²) in [5.74, 6) is -0.126. The van der Waals surface area contributed by atoms with Gasteiger partial charge in [0, 0.05) is 38.3 Å². The van der Waals surface area contributed by atoms with Crippen LogP contribution in [0.2, 0.25) is 0 Å². The third-order valence-electron chi connectivity index (χ3n) is 5.22. The van der Waals surface area contributed by atoms with Crippen molar-refractivity contribution < 1.29 is 9.18 Å². The zero-order valence-corrected chi connectivity index (χ0v) is 15.7. The Bertz CT molecular complexity index is 915. The SMILES string of the molecule is O=C(c1ccc(-c2ccccc2)cc1)N1CCN(Cc2ccc(F)cc2)CC1. The molecule has 0 aromatic heterocycles. The van der Waals surface area contributed by atoms with E-state index in [1.54, 1.807) is 0 Å². The van der Waals surface area contributed by atoms with Crippen molar-refractivity contribution >= 4 is 5.91 Å². The zero-order chi connectivity index (χ0) is 19.3. The average Bonchev–Trinajstić information content (AvgIpc) is 2.76. The molecule has 3 aromatic carbocycles. The highest BCUT2D eigenvalue weighted by Gasteiger charge is 2.22. The smallest absolute Gasteiger partial charge is 0.253 e. The second kappa shape index (κ2) is 8.36. The fourth-order valence-electron chi connectivity index (χ4n) is 3.58. The standard InChI is InChI=1S/C24H23FN2O/c25-23-12-6-19(7-13-23)18-26-14-16-27(17-15-26)24(28)22-10-8-21(9-11-22)20-4-2-1-3-5-20/h1-13H,14-18H2. The van der Waals surface area contributed by atoms with E-state index in [4.69, 9.17) is 0 Å². The van der Waals surface area contributed by atoms with E-state index in [-0.39, 0.29) is 11.7 Å². The molecular weight excluding hydrogens is 351 g/mol. The third kappa shape index (κ3) is 4.29. The molecule has 28 heavy (non-hydrogen) atoms. The number of halogens is 1. The minimum Gasteiger partial charge on any atom is -0.336 e. The van der Waals surface area contributed by atoms with Gasteiger partial charge in [0.1, 0.15) is 5.82 Å². The minimum absolute atomic E-state index is 0.0843. The number of nitrogens with zero attached hydrogens (tertiary/aromatic N) is 2. The maximum absolute atomic E-state index is 13.0. The molecule has 0 spiro atoms. The second-order valence-electron chi connectivity index (χ2n) is 7.14. The van der Waals surface area contributed by atoms with Crippen molar-refractivity contribution in [3.8, 4) is 11.1 Å². The van der Waals surface area contributed by atoms with Gasteiger partial charge in [0.25, 0.3) is 5.91 Å². The van der Waals surface area contributed by atoms with Crippen molar-refractivity contribution in [3.63, 3.8) is 0 Å². The van der Waals surface area contributed by atoms with Crippen molar-refractivity contribution in [3.05, 3.63) is 95.8 Å². The molecule has 3 nitrogen and oxygen atoms in total. The van der Waals surface area contributed by atoms with E-state index in [1.165, 1.54) is 12.1 Å². The maximum Gasteiger partial charge on any atom is 0.253 e. The van der Waals surface area contributed by atoms with E-state index in [2.05, 4.69) is 17.0 Å². The summed E-state index contributed by atoms with van der Waals surface area (Å²) in [4.78, 5) is 17.0.